The van der Waals surface area contributed by atoms with Crippen molar-refractivity contribution in [1.82, 2.24) is 9.97 Å². The van der Waals surface area contributed by atoms with Crippen molar-refractivity contribution in [3.05, 3.63) is 38.8 Å². The first-order valence-electron chi connectivity index (χ1n) is 6.31. The minimum absolute atomic E-state index is 0.391. The van der Waals surface area contributed by atoms with Gasteiger partial charge in [-0.05, 0) is 37.8 Å². The molecule has 2 aromatic rings. The number of thiophene rings is 1. The molecule has 0 unspecified atom stereocenters. The van der Waals surface area contributed by atoms with Crippen LogP contribution in [0.2, 0.25) is 0 Å². The van der Waals surface area contributed by atoms with Gasteiger partial charge in [0.05, 0.1) is 6.54 Å². The van der Waals surface area contributed by atoms with Gasteiger partial charge in [-0.25, -0.2) is 9.97 Å². The van der Waals surface area contributed by atoms with Crippen molar-refractivity contribution in [2.45, 2.75) is 31.7 Å². The summed E-state index contributed by atoms with van der Waals surface area (Å²) in [5.74, 6) is 6.84. The second-order valence-corrected chi connectivity index (χ2v) is 6.30. The topological polar surface area (TPSA) is 51.8 Å². The lowest BCUT2D eigenvalue weighted by atomic mass is 10.2. The predicted molar refractivity (Wildman–Crippen MR) is 86.1 cm³/mol. The maximum Gasteiger partial charge on any atom is 0.188 e. The van der Waals surface area contributed by atoms with Crippen LogP contribution >= 0.6 is 23.1 Å². The van der Waals surface area contributed by atoms with Crippen LogP contribution in [0.5, 0.6) is 0 Å². The molecule has 0 saturated carbocycles. The van der Waals surface area contributed by atoms with Gasteiger partial charge >= 0.3 is 0 Å². The summed E-state index contributed by atoms with van der Waals surface area (Å²) >= 11 is 3.36. The zero-order valence-electron chi connectivity index (χ0n) is 11.9. The monoisotopic (exact) mass is 303 g/mol. The lowest BCUT2D eigenvalue weighted by Gasteiger charge is -2.06. The summed E-state index contributed by atoms with van der Waals surface area (Å²) in [6, 6.07) is 2.04. The molecule has 0 fully saturated rings. The molecule has 3 nitrogen and oxygen atoms in total. The Morgan fingerprint density at radius 3 is 2.60 bits per heavy atom. The second kappa shape index (κ2) is 6.89. The summed E-state index contributed by atoms with van der Waals surface area (Å²) in [4.78, 5) is 10.3. The minimum atomic E-state index is 0.391. The highest BCUT2D eigenvalue weighted by Gasteiger charge is 2.08. The first kappa shape index (κ1) is 15.0. The SMILES string of the molecule is Cc1nc(SCc2sccc2C#CCN)nc(C)c1C. The predicted octanol–water partition coefficient (Wildman–Crippen LogP) is 3.07. The largest absolute Gasteiger partial charge is 0.320 e. The number of hydrogen-bond donors (Lipinski definition) is 1. The summed E-state index contributed by atoms with van der Waals surface area (Å²) in [7, 11) is 0. The van der Waals surface area contributed by atoms with Crippen LogP contribution in [0.15, 0.2) is 16.6 Å². The summed E-state index contributed by atoms with van der Waals surface area (Å²) in [6.45, 7) is 6.50. The molecule has 0 aliphatic heterocycles. The highest BCUT2D eigenvalue weighted by atomic mass is 32.2. The number of thioether (sulfide) groups is 1. The second-order valence-electron chi connectivity index (χ2n) is 4.35. The Hall–Kier alpha value is -1.35. The smallest absolute Gasteiger partial charge is 0.188 e. The summed E-state index contributed by atoms with van der Waals surface area (Å²) < 4.78 is 0. The summed E-state index contributed by atoms with van der Waals surface area (Å²) in [5, 5.41) is 2.89. The van der Waals surface area contributed by atoms with Crippen LogP contribution in [0.4, 0.5) is 0 Å². The Balaban J connectivity index is 2.11. The van der Waals surface area contributed by atoms with Gasteiger partial charge in [-0.2, -0.15) is 0 Å². The summed E-state index contributed by atoms with van der Waals surface area (Å²) in [6.07, 6.45) is 0. The van der Waals surface area contributed by atoms with Crippen LogP contribution in [0.3, 0.4) is 0 Å². The number of nitrogens with zero attached hydrogens (tertiary/aromatic N) is 2. The Morgan fingerprint density at radius 1 is 1.25 bits per heavy atom. The number of rotatable bonds is 3. The lowest BCUT2D eigenvalue weighted by molar-refractivity contribution is 0.881. The van der Waals surface area contributed by atoms with Crippen molar-refractivity contribution in [2.24, 2.45) is 5.73 Å². The maximum absolute atomic E-state index is 5.41. The van der Waals surface area contributed by atoms with Crippen molar-refractivity contribution in [3.63, 3.8) is 0 Å². The van der Waals surface area contributed by atoms with E-state index >= 15 is 0 Å². The van der Waals surface area contributed by atoms with E-state index in [9.17, 15) is 0 Å². The van der Waals surface area contributed by atoms with Crippen molar-refractivity contribution in [1.29, 1.82) is 0 Å². The molecule has 2 aromatic heterocycles. The van der Waals surface area contributed by atoms with Gasteiger partial charge in [-0.3, -0.25) is 0 Å². The van der Waals surface area contributed by atoms with Gasteiger partial charge in [0.25, 0.3) is 0 Å². The first-order valence-corrected chi connectivity index (χ1v) is 8.18. The number of aromatic nitrogens is 2. The standard InChI is InChI=1S/C15H17N3S2/c1-10-11(2)17-15(18-12(10)3)20-9-14-13(5-4-7-16)6-8-19-14/h6,8H,7,9,16H2,1-3H3. The van der Waals surface area contributed by atoms with Crippen LogP contribution in [0, 0.1) is 32.6 Å². The minimum Gasteiger partial charge on any atom is -0.320 e. The summed E-state index contributed by atoms with van der Waals surface area (Å²) in [5.41, 5.74) is 9.74. The maximum atomic E-state index is 5.41. The van der Waals surface area contributed by atoms with Gasteiger partial charge in [0.15, 0.2) is 5.16 Å². The number of nitrogens with two attached hydrogens (primary N) is 1. The van der Waals surface area contributed by atoms with Crippen LogP contribution in [0.1, 0.15) is 27.4 Å². The van der Waals surface area contributed by atoms with Gasteiger partial charge in [-0.15, -0.1) is 11.3 Å². The quantitative estimate of drug-likeness (QED) is 0.538. The van der Waals surface area contributed by atoms with Gasteiger partial charge in [0.1, 0.15) is 0 Å². The Bertz CT molecular complexity index is 642. The molecule has 0 aliphatic rings. The van der Waals surface area contributed by atoms with Gasteiger partial charge in [0, 0.05) is 27.6 Å². The molecule has 0 saturated heterocycles. The fraction of sp³-hybridized carbons (Fsp3) is 0.333. The fourth-order valence-electron chi connectivity index (χ4n) is 1.65. The Labute approximate surface area is 128 Å². The van der Waals surface area contributed by atoms with E-state index in [0.717, 1.165) is 27.9 Å². The van der Waals surface area contributed by atoms with E-state index in [2.05, 4.69) is 34.1 Å². The third-order valence-electron chi connectivity index (χ3n) is 3.02. The van der Waals surface area contributed by atoms with Crippen LogP contribution in [0.25, 0.3) is 0 Å². The van der Waals surface area contributed by atoms with Gasteiger partial charge < -0.3 is 5.73 Å². The third kappa shape index (κ3) is 3.60. The van der Waals surface area contributed by atoms with Crippen LogP contribution in [-0.4, -0.2) is 16.5 Å². The molecular formula is C15H17N3S2. The molecule has 2 N–H and O–H groups in total. The molecule has 20 heavy (non-hydrogen) atoms. The van der Waals surface area contributed by atoms with Crippen LogP contribution in [-0.2, 0) is 5.75 Å². The molecule has 0 atom stereocenters. The molecule has 0 spiro atoms. The molecule has 104 valence electrons. The molecule has 2 heterocycles. The average molecular weight is 303 g/mol. The fourth-order valence-corrected chi connectivity index (χ4v) is 3.53. The zero-order valence-corrected chi connectivity index (χ0v) is 13.5. The van der Waals surface area contributed by atoms with Crippen LogP contribution < -0.4 is 5.73 Å². The first-order chi connectivity index (χ1) is 9.61. The van der Waals surface area contributed by atoms with E-state index in [4.69, 9.17) is 5.73 Å². The molecular weight excluding hydrogens is 286 g/mol. The average Bonchev–Trinajstić information content (AvgIpc) is 2.87. The zero-order chi connectivity index (χ0) is 14.5. The number of aryl methyl sites for hydroxylation is 2. The molecule has 2 rings (SSSR count). The molecule has 0 bridgehead atoms. The highest BCUT2D eigenvalue weighted by molar-refractivity contribution is 7.98. The number of hydrogen-bond acceptors (Lipinski definition) is 5. The molecule has 0 aromatic carbocycles. The van der Waals surface area contributed by atoms with Gasteiger partial charge in [-0.1, -0.05) is 23.6 Å². The van der Waals surface area contributed by atoms with E-state index in [-0.39, 0.29) is 0 Å². The molecule has 0 radical (unpaired) electrons. The van der Waals surface area contributed by atoms with E-state index in [1.165, 1.54) is 10.4 Å². The Morgan fingerprint density at radius 2 is 1.95 bits per heavy atom. The molecule has 5 heteroatoms. The van der Waals surface area contributed by atoms with E-state index < -0.39 is 0 Å². The Kier molecular flexibility index (Phi) is 5.18. The van der Waals surface area contributed by atoms with E-state index in [1.54, 1.807) is 23.1 Å². The van der Waals surface area contributed by atoms with Gasteiger partial charge in [0.2, 0.25) is 0 Å². The normalized spacial score (nSPS) is 10.2. The van der Waals surface area contributed by atoms with Crippen molar-refractivity contribution < 1.29 is 0 Å². The van der Waals surface area contributed by atoms with E-state index in [1.807, 2.05) is 19.9 Å². The van der Waals surface area contributed by atoms with Crippen molar-refractivity contribution in [2.75, 3.05) is 6.54 Å². The van der Waals surface area contributed by atoms with Crippen molar-refractivity contribution >= 4 is 23.1 Å². The highest BCUT2D eigenvalue weighted by Crippen LogP contribution is 2.26. The molecule has 0 amide bonds. The lowest BCUT2D eigenvalue weighted by Crippen LogP contribution is -1.98. The van der Waals surface area contributed by atoms with E-state index in [0.29, 0.717) is 6.54 Å². The third-order valence-corrected chi connectivity index (χ3v) is 4.99. The van der Waals surface area contributed by atoms with Crippen molar-refractivity contribution in [3.8, 4) is 11.8 Å². The molecule has 0 aliphatic carbocycles.